The summed E-state index contributed by atoms with van der Waals surface area (Å²) in [5.41, 5.74) is -0.647. The van der Waals surface area contributed by atoms with Crippen molar-refractivity contribution in [3.63, 3.8) is 0 Å². The van der Waals surface area contributed by atoms with Gasteiger partial charge in [-0.15, -0.1) is 0 Å². The van der Waals surface area contributed by atoms with Gasteiger partial charge in [0.1, 0.15) is 0 Å². The molecule has 2 aromatic rings. The van der Waals surface area contributed by atoms with Crippen LogP contribution in [0.15, 0.2) is 42.5 Å². The summed E-state index contributed by atoms with van der Waals surface area (Å²) in [6, 6.07) is 10.9. The lowest BCUT2D eigenvalue weighted by Crippen LogP contribution is -2.30. The summed E-state index contributed by atoms with van der Waals surface area (Å²) in [6.07, 6.45) is -4.40. The van der Waals surface area contributed by atoms with Gasteiger partial charge in [-0.1, -0.05) is 41.4 Å². The number of alkyl halides is 3. The highest BCUT2D eigenvalue weighted by atomic mass is 35.5. The predicted octanol–water partition coefficient (Wildman–Crippen LogP) is 5.46. The zero-order valence-electron chi connectivity index (χ0n) is 14.6. The van der Waals surface area contributed by atoms with E-state index in [9.17, 15) is 28.0 Å². The number of amides is 1. The van der Waals surface area contributed by atoms with Gasteiger partial charge in [0.15, 0.2) is 11.7 Å². The fraction of sp³-hybridized carbons (Fsp3) is 0.250. The Hall–Kier alpha value is -2.56. The van der Waals surface area contributed by atoms with Crippen molar-refractivity contribution in [2.75, 3.05) is 5.32 Å². The van der Waals surface area contributed by atoms with Gasteiger partial charge in [-0.2, -0.15) is 18.4 Å². The smallest absolute Gasteiger partial charge is 0.323 e. The first-order valence-corrected chi connectivity index (χ1v) is 9.24. The van der Waals surface area contributed by atoms with Gasteiger partial charge in [0.05, 0.1) is 22.3 Å². The molecule has 9 heteroatoms. The second-order valence-corrected chi connectivity index (χ2v) is 7.46. The summed E-state index contributed by atoms with van der Waals surface area (Å²) in [4.78, 5) is 25.0. The Kier molecular flexibility index (Phi) is 5.87. The summed E-state index contributed by atoms with van der Waals surface area (Å²) in [7, 11) is 0. The van der Waals surface area contributed by atoms with Crippen LogP contribution in [-0.2, 0) is 15.8 Å². The summed E-state index contributed by atoms with van der Waals surface area (Å²) in [5, 5.41) is 12.2. The van der Waals surface area contributed by atoms with E-state index in [0.717, 1.165) is 6.07 Å². The number of benzene rings is 2. The van der Waals surface area contributed by atoms with Crippen LogP contribution in [0.4, 0.5) is 18.9 Å². The van der Waals surface area contributed by atoms with Gasteiger partial charge < -0.3 is 5.32 Å². The Morgan fingerprint density at radius 2 is 1.86 bits per heavy atom. The molecule has 1 aliphatic rings. The zero-order valence-corrected chi connectivity index (χ0v) is 16.1. The summed E-state index contributed by atoms with van der Waals surface area (Å²) < 4.78 is 39.6. The van der Waals surface area contributed by atoms with Gasteiger partial charge >= 0.3 is 6.18 Å². The van der Waals surface area contributed by atoms with Crippen molar-refractivity contribution in [1.29, 1.82) is 5.26 Å². The highest BCUT2D eigenvalue weighted by Crippen LogP contribution is 2.52. The number of hydrogen-bond acceptors (Lipinski definition) is 3. The third-order valence-electron chi connectivity index (χ3n) is 4.69. The monoisotopic (exact) mass is 440 g/mol. The minimum Gasteiger partial charge on any atom is -0.323 e. The Morgan fingerprint density at radius 1 is 1.17 bits per heavy atom. The number of ketones is 1. The Balaban J connectivity index is 1.75. The van der Waals surface area contributed by atoms with Crippen LogP contribution in [0.1, 0.15) is 23.5 Å². The van der Waals surface area contributed by atoms with Gasteiger partial charge in [-0.25, -0.2) is 0 Å². The Labute approximate surface area is 174 Å². The van der Waals surface area contributed by atoms with E-state index in [2.05, 4.69) is 5.32 Å². The molecule has 0 aromatic heterocycles. The number of halogens is 5. The molecular formula is C20H13Cl2F3N2O2. The molecule has 3 atom stereocenters. The molecule has 29 heavy (non-hydrogen) atoms. The van der Waals surface area contributed by atoms with Crippen LogP contribution in [0.5, 0.6) is 0 Å². The summed E-state index contributed by atoms with van der Waals surface area (Å²) >= 11 is 11.7. The Bertz CT molecular complexity index is 1020. The fourth-order valence-electron chi connectivity index (χ4n) is 3.19. The normalized spacial score (nSPS) is 19.2. The van der Waals surface area contributed by atoms with Gasteiger partial charge in [0, 0.05) is 10.9 Å². The van der Waals surface area contributed by atoms with Crippen LogP contribution in [0.3, 0.4) is 0 Å². The third kappa shape index (κ3) is 4.55. The molecule has 1 N–H and O–H groups in total. The molecule has 0 heterocycles. The first-order chi connectivity index (χ1) is 13.6. The molecule has 1 saturated carbocycles. The van der Waals surface area contributed by atoms with Crippen molar-refractivity contribution >= 4 is 40.6 Å². The SMILES string of the molecule is N#CC(C(=O)Nc1ccc(Cl)cc1Cl)C(=O)C1CC1c1ccccc1C(F)(F)F. The van der Waals surface area contributed by atoms with Crippen molar-refractivity contribution in [2.45, 2.75) is 18.5 Å². The molecule has 1 aliphatic carbocycles. The average Bonchev–Trinajstić information content (AvgIpc) is 3.44. The number of hydrogen-bond donors (Lipinski definition) is 1. The van der Waals surface area contributed by atoms with Crippen LogP contribution >= 0.6 is 23.2 Å². The number of anilines is 1. The summed E-state index contributed by atoms with van der Waals surface area (Å²) in [6.45, 7) is 0. The molecule has 3 unspecified atom stereocenters. The number of nitriles is 1. The van der Waals surface area contributed by atoms with Crippen molar-refractivity contribution in [3.05, 3.63) is 63.6 Å². The van der Waals surface area contributed by atoms with Crippen molar-refractivity contribution < 1.29 is 22.8 Å². The van der Waals surface area contributed by atoms with Gasteiger partial charge in [-0.05, 0) is 42.2 Å². The van der Waals surface area contributed by atoms with Crippen LogP contribution in [0, 0.1) is 23.2 Å². The minimum atomic E-state index is -4.55. The minimum absolute atomic E-state index is 0.00352. The number of rotatable bonds is 5. The van der Waals surface area contributed by atoms with Crippen LogP contribution < -0.4 is 5.32 Å². The lowest BCUT2D eigenvalue weighted by molar-refractivity contribution is -0.138. The number of nitrogens with zero attached hydrogens (tertiary/aromatic N) is 1. The van der Waals surface area contributed by atoms with Crippen molar-refractivity contribution in [1.82, 2.24) is 0 Å². The molecule has 2 aromatic carbocycles. The second kappa shape index (κ2) is 8.05. The topological polar surface area (TPSA) is 70.0 Å². The molecule has 3 rings (SSSR count). The highest BCUT2D eigenvalue weighted by molar-refractivity contribution is 6.36. The quantitative estimate of drug-likeness (QED) is 0.627. The third-order valence-corrected chi connectivity index (χ3v) is 5.23. The van der Waals surface area contributed by atoms with E-state index in [1.165, 1.54) is 36.4 Å². The number of Topliss-reactive ketones (excluding diaryl/α,β-unsaturated/α-hetero) is 1. The molecule has 0 spiro atoms. The predicted molar refractivity (Wildman–Crippen MR) is 101 cm³/mol. The zero-order chi connectivity index (χ0) is 21.3. The maximum Gasteiger partial charge on any atom is 0.416 e. The molecule has 150 valence electrons. The van der Waals surface area contributed by atoms with Crippen LogP contribution in [0.2, 0.25) is 10.0 Å². The van der Waals surface area contributed by atoms with Gasteiger partial charge in [-0.3, -0.25) is 9.59 Å². The lowest BCUT2D eigenvalue weighted by Gasteiger charge is -2.13. The molecule has 0 aliphatic heterocycles. The summed E-state index contributed by atoms with van der Waals surface area (Å²) in [5.74, 6) is -4.76. The van der Waals surface area contributed by atoms with E-state index >= 15 is 0 Å². The molecule has 1 fully saturated rings. The van der Waals surface area contributed by atoms with Gasteiger partial charge in [0.25, 0.3) is 0 Å². The van der Waals surface area contributed by atoms with Crippen molar-refractivity contribution in [2.24, 2.45) is 11.8 Å². The molecule has 1 amide bonds. The standard InChI is InChI=1S/C20H13Cl2F3N2O2/c21-10-5-6-17(16(22)7-10)27-19(29)14(9-26)18(28)13-8-12(13)11-3-1-2-4-15(11)20(23,24)25/h1-7,12-14H,8H2,(H,27,29). The largest absolute Gasteiger partial charge is 0.416 e. The molecule has 0 radical (unpaired) electrons. The van der Waals surface area contributed by atoms with E-state index in [1.54, 1.807) is 6.07 Å². The maximum absolute atomic E-state index is 13.2. The molecular weight excluding hydrogens is 428 g/mol. The first-order valence-electron chi connectivity index (χ1n) is 8.49. The molecule has 4 nitrogen and oxygen atoms in total. The first kappa shape index (κ1) is 21.2. The maximum atomic E-state index is 13.2. The lowest BCUT2D eigenvalue weighted by atomic mass is 9.96. The molecule has 0 bridgehead atoms. The van der Waals surface area contributed by atoms with E-state index in [-0.39, 0.29) is 22.7 Å². The number of nitrogens with one attached hydrogen (secondary N) is 1. The van der Waals surface area contributed by atoms with Crippen molar-refractivity contribution in [3.8, 4) is 6.07 Å². The number of carbonyl (C=O) groups excluding carboxylic acids is 2. The van der Waals surface area contributed by atoms with E-state index in [4.69, 9.17) is 23.2 Å². The van der Waals surface area contributed by atoms with Crippen LogP contribution in [0.25, 0.3) is 0 Å². The van der Waals surface area contributed by atoms with E-state index < -0.39 is 41.2 Å². The average molecular weight is 441 g/mol. The second-order valence-electron chi connectivity index (χ2n) is 6.61. The highest BCUT2D eigenvalue weighted by Gasteiger charge is 2.50. The molecule has 0 saturated heterocycles. The van der Waals surface area contributed by atoms with Crippen LogP contribution in [-0.4, -0.2) is 11.7 Å². The van der Waals surface area contributed by atoms with E-state index in [1.807, 2.05) is 0 Å². The van der Waals surface area contributed by atoms with Gasteiger partial charge in [0.2, 0.25) is 5.91 Å². The van der Waals surface area contributed by atoms with E-state index in [0.29, 0.717) is 5.02 Å². The Morgan fingerprint density at radius 3 is 2.48 bits per heavy atom. The number of carbonyl (C=O) groups is 2. The fourth-order valence-corrected chi connectivity index (χ4v) is 3.65.